The van der Waals surface area contributed by atoms with Gasteiger partial charge in [0.15, 0.2) is 0 Å². The van der Waals surface area contributed by atoms with Crippen LogP contribution in [0.25, 0.3) is 0 Å². The Balaban J connectivity index is 2.21. The molecule has 0 unspecified atom stereocenters. The molecule has 0 aliphatic heterocycles. The molecule has 1 atom stereocenters. The summed E-state index contributed by atoms with van der Waals surface area (Å²) in [6.45, 7) is 6.09. The molecule has 36 heavy (non-hydrogen) atoms. The van der Waals surface area contributed by atoms with Crippen molar-refractivity contribution in [2.24, 2.45) is 0 Å². The molecule has 2 aromatic rings. The molecule has 0 aliphatic carbocycles. The van der Waals surface area contributed by atoms with Crippen LogP contribution in [0.2, 0.25) is 15.1 Å². The van der Waals surface area contributed by atoms with Crippen LogP contribution in [0.15, 0.2) is 36.4 Å². The Kier molecular flexibility index (Phi) is 11.3. The summed E-state index contributed by atoms with van der Waals surface area (Å²) in [6.07, 6.45) is 2.17. The fraction of sp³-hybridized carbons (Fsp3) is 0.440. The highest BCUT2D eigenvalue weighted by molar-refractivity contribution is 7.92. The lowest BCUT2D eigenvalue weighted by Gasteiger charge is -2.29. The van der Waals surface area contributed by atoms with E-state index in [1.807, 2.05) is 6.92 Å². The van der Waals surface area contributed by atoms with Crippen molar-refractivity contribution in [1.29, 1.82) is 0 Å². The molecule has 2 aromatic carbocycles. The second-order valence-corrected chi connectivity index (χ2v) is 11.7. The molecule has 2 rings (SSSR count). The zero-order chi connectivity index (χ0) is 27.0. The van der Waals surface area contributed by atoms with Crippen LogP contribution < -0.4 is 9.62 Å². The highest BCUT2D eigenvalue weighted by Crippen LogP contribution is 2.29. The van der Waals surface area contributed by atoms with Crippen molar-refractivity contribution in [3.05, 3.63) is 62.6 Å². The average Bonchev–Trinajstić information content (AvgIpc) is 2.81. The van der Waals surface area contributed by atoms with E-state index in [0.717, 1.165) is 18.2 Å². The Morgan fingerprint density at radius 2 is 1.75 bits per heavy atom. The van der Waals surface area contributed by atoms with Crippen LogP contribution in [0.4, 0.5) is 5.69 Å². The summed E-state index contributed by atoms with van der Waals surface area (Å²) in [4.78, 5) is 27.5. The first-order valence-electron chi connectivity index (χ1n) is 11.6. The van der Waals surface area contributed by atoms with Gasteiger partial charge >= 0.3 is 0 Å². The van der Waals surface area contributed by atoms with E-state index in [9.17, 15) is 18.0 Å². The first-order valence-corrected chi connectivity index (χ1v) is 14.6. The molecule has 0 bridgehead atoms. The van der Waals surface area contributed by atoms with Crippen molar-refractivity contribution < 1.29 is 18.0 Å². The molecule has 7 nitrogen and oxygen atoms in total. The summed E-state index contributed by atoms with van der Waals surface area (Å²) >= 11 is 18.4. The minimum atomic E-state index is -3.61. The smallest absolute Gasteiger partial charge is 0.242 e. The van der Waals surface area contributed by atoms with Crippen molar-refractivity contribution in [3.63, 3.8) is 0 Å². The van der Waals surface area contributed by atoms with Gasteiger partial charge in [-0.2, -0.15) is 0 Å². The SMILES string of the molecule is CCCNC(=O)[C@@H](C)N(Cc1ccc(Cl)c(Cl)c1)C(=O)CCCN(c1cccc(Cl)c1C)S(C)(=O)=O. The summed E-state index contributed by atoms with van der Waals surface area (Å²) < 4.78 is 26.3. The van der Waals surface area contributed by atoms with Gasteiger partial charge in [0.25, 0.3) is 0 Å². The number of nitrogens with one attached hydrogen (secondary N) is 1. The highest BCUT2D eigenvalue weighted by atomic mass is 35.5. The second-order valence-electron chi connectivity index (χ2n) is 8.56. The number of nitrogens with zero attached hydrogens (tertiary/aromatic N) is 2. The monoisotopic (exact) mass is 575 g/mol. The van der Waals surface area contributed by atoms with Crippen molar-refractivity contribution in [2.45, 2.75) is 52.6 Å². The number of hydrogen-bond acceptors (Lipinski definition) is 4. The molecule has 0 aromatic heterocycles. The lowest BCUT2D eigenvalue weighted by Crippen LogP contribution is -2.47. The number of carbonyl (C=O) groups excluding carboxylic acids is 2. The third-order valence-electron chi connectivity index (χ3n) is 5.71. The Morgan fingerprint density at radius 3 is 2.36 bits per heavy atom. The number of rotatable bonds is 12. The van der Waals surface area contributed by atoms with Gasteiger partial charge in [0.05, 0.1) is 22.0 Å². The topological polar surface area (TPSA) is 86.8 Å². The molecule has 0 saturated carbocycles. The lowest BCUT2D eigenvalue weighted by molar-refractivity contribution is -0.140. The number of carbonyl (C=O) groups is 2. The van der Waals surface area contributed by atoms with Gasteiger partial charge in [0.2, 0.25) is 21.8 Å². The van der Waals surface area contributed by atoms with Crippen LogP contribution in [0, 0.1) is 6.92 Å². The maximum atomic E-state index is 13.3. The first-order chi connectivity index (χ1) is 16.9. The van der Waals surface area contributed by atoms with Crippen LogP contribution in [0.3, 0.4) is 0 Å². The molecule has 0 fully saturated rings. The molecular weight excluding hydrogens is 545 g/mol. The van der Waals surface area contributed by atoms with E-state index in [2.05, 4.69) is 5.32 Å². The zero-order valence-electron chi connectivity index (χ0n) is 20.9. The molecule has 0 saturated heterocycles. The Labute approximate surface area is 228 Å². The Bertz CT molecular complexity index is 1190. The van der Waals surface area contributed by atoms with E-state index in [1.165, 1.54) is 9.21 Å². The number of anilines is 1. The largest absolute Gasteiger partial charge is 0.354 e. The average molecular weight is 577 g/mol. The van der Waals surface area contributed by atoms with Gasteiger partial charge in [0, 0.05) is 31.1 Å². The van der Waals surface area contributed by atoms with Crippen LogP contribution in [-0.2, 0) is 26.2 Å². The van der Waals surface area contributed by atoms with Crippen LogP contribution in [0.1, 0.15) is 44.2 Å². The quantitative estimate of drug-likeness (QED) is 0.364. The second kappa shape index (κ2) is 13.5. The Morgan fingerprint density at radius 1 is 1.06 bits per heavy atom. The van der Waals surface area contributed by atoms with E-state index in [4.69, 9.17) is 34.8 Å². The van der Waals surface area contributed by atoms with Crippen molar-refractivity contribution in [1.82, 2.24) is 10.2 Å². The molecule has 0 aliphatic rings. The predicted octanol–water partition coefficient (Wildman–Crippen LogP) is 5.44. The Hall–Kier alpha value is -2.00. The third-order valence-corrected chi connectivity index (χ3v) is 8.04. The fourth-order valence-electron chi connectivity index (χ4n) is 3.66. The molecule has 2 amide bonds. The molecule has 11 heteroatoms. The predicted molar refractivity (Wildman–Crippen MR) is 147 cm³/mol. The van der Waals surface area contributed by atoms with Gasteiger partial charge in [-0.05, 0) is 62.1 Å². The van der Waals surface area contributed by atoms with E-state index in [1.54, 1.807) is 50.2 Å². The lowest BCUT2D eigenvalue weighted by atomic mass is 10.1. The van der Waals surface area contributed by atoms with Gasteiger partial charge in [-0.15, -0.1) is 0 Å². The van der Waals surface area contributed by atoms with Gasteiger partial charge < -0.3 is 10.2 Å². The maximum absolute atomic E-state index is 13.3. The molecule has 0 radical (unpaired) electrons. The molecule has 0 heterocycles. The zero-order valence-corrected chi connectivity index (χ0v) is 23.9. The number of hydrogen-bond donors (Lipinski definition) is 1. The summed E-state index contributed by atoms with van der Waals surface area (Å²) in [5.41, 5.74) is 1.83. The number of amides is 2. The molecule has 0 spiro atoms. The van der Waals surface area contributed by atoms with E-state index in [0.29, 0.717) is 32.9 Å². The standard InChI is InChI=1S/C25H32Cl3N3O4S/c1-5-13-29-25(33)18(3)30(16-19-11-12-21(27)22(28)15-19)24(32)10-7-14-31(36(4,34)35)23-9-6-8-20(26)17(23)2/h6,8-9,11-12,15,18H,5,7,10,13-14,16H2,1-4H3,(H,29,33)/t18-/m1/s1. The van der Waals surface area contributed by atoms with Crippen molar-refractivity contribution >= 4 is 62.3 Å². The minimum absolute atomic E-state index is 0.0400. The molecule has 198 valence electrons. The normalized spacial score (nSPS) is 12.2. The van der Waals surface area contributed by atoms with Crippen LogP contribution in [-0.4, -0.2) is 50.5 Å². The summed E-state index contributed by atoms with van der Waals surface area (Å²) in [6, 6.07) is 9.37. The molecule has 1 N–H and O–H groups in total. The van der Waals surface area contributed by atoms with E-state index in [-0.39, 0.29) is 37.7 Å². The summed E-state index contributed by atoms with van der Waals surface area (Å²) in [5, 5.41) is 4.02. The summed E-state index contributed by atoms with van der Waals surface area (Å²) in [7, 11) is -3.61. The van der Waals surface area contributed by atoms with Crippen molar-refractivity contribution in [2.75, 3.05) is 23.7 Å². The first kappa shape index (κ1) is 30.2. The molecular formula is C25H32Cl3N3O4S. The summed E-state index contributed by atoms with van der Waals surface area (Å²) in [5.74, 6) is -0.547. The number of halogens is 3. The van der Waals surface area contributed by atoms with Crippen LogP contribution >= 0.6 is 34.8 Å². The number of sulfonamides is 1. The van der Waals surface area contributed by atoms with Gasteiger partial charge in [-0.25, -0.2) is 8.42 Å². The van der Waals surface area contributed by atoms with Gasteiger partial charge in [0.1, 0.15) is 6.04 Å². The van der Waals surface area contributed by atoms with Gasteiger partial charge in [-0.1, -0.05) is 53.9 Å². The van der Waals surface area contributed by atoms with E-state index >= 15 is 0 Å². The van der Waals surface area contributed by atoms with Gasteiger partial charge in [-0.3, -0.25) is 13.9 Å². The fourth-order valence-corrected chi connectivity index (χ4v) is 5.17. The van der Waals surface area contributed by atoms with E-state index < -0.39 is 16.1 Å². The van der Waals surface area contributed by atoms with Crippen LogP contribution in [0.5, 0.6) is 0 Å². The van der Waals surface area contributed by atoms with Crippen molar-refractivity contribution in [3.8, 4) is 0 Å². The highest BCUT2D eigenvalue weighted by Gasteiger charge is 2.27. The number of benzene rings is 2. The third kappa shape index (κ3) is 8.26. The minimum Gasteiger partial charge on any atom is -0.354 e. The maximum Gasteiger partial charge on any atom is 0.242 e.